The summed E-state index contributed by atoms with van der Waals surface area (Å²) in [6.45, 7) is 8.01. The van der Waals surface area contributed by atoms with Crippen LogP contribution in [0.4, 0.5) is 0 Å². The van der Waals surface area contributed by atoms with E-state index in [1.54, 1.807) is 11.6 Å². The number of carbonyl (C=O) groups is 2. The summed E-state index contributed by atoms with van der Waals surface area (Å²) in [6.07, 6.45) is 0. The van der Waals surface area contributed by atoms with Gasteiger partial charge >= 0.3 is 0 Å². The molecular weight excluding hydrogens is 340 g/mol. The van der Waals surface area contributed by atoms with Crippen LogP contribution in [-0.4, -0.2) is 50.4 Å². The van der Waals surface area contributed by atoms with Crippen molar-refractivity contribution in [1.29, 1.82) is 0 Å². The van der Waals surface area contributed by atoms with Crippen molar-refractivity contribution in [2.45, 2.75) is 38.9 Å². The van der Waals surface area contributed by atoms with Crippen molar-refractivity contribution >= 4 is 23.6 Å². The maximum Gasteiger partial charge on any atom is 0.242 e. The van der Waals surface area contributed by atoms with Gasteiger partial charge in [0, 0.05) is 6.54 Å². The van der Waals surface area contributed by atoms with Crippen LogP contribution in [0.15, 0.2) is 23.4 Å². The van der Waals surface area contributed by atoms with Crippen LogP contribution in [0.5, 0.6) is 0 Å². The zero-order chi connectivity index (χ0) is 18.4. The molecule has 0 bridgehead atoms. The first-order valence-electron chi connectivity index (χ1n) is 7.97. The summed E-state index contributed by atoms with van der Waals surface area (Å²) >= 11 is 1.22. The van der Waals surface area contributed by atoms with Crippen molar-refractivity contribution in [1.82, 2.24) is 30.8 Å². The van der Waals surface area contributed by atoms with Crippen LogP contribution >= 0.6 is 11.8 Å². The molecule has 25 heavy (non-hydrogen) atoms. The van der Waals surface area contributed by atoms with Crippen LogP contribution in [0.3, 0.4) is 0 Å². The third-order valence-corrected chi connectivity index (χ3v) is 4.27. The van der Waals surface area contributed by atoms with E-state index >= 15 is 0 Å². The van der Waals surface area contributed by atoms with E-state index in [0.29, 0.717) is 11.7 Å². The van der Waals surface area contributed by atoms with E-state index in [4.69, 9.17) is 0 Å². The normalized spacial score (nSPS) is 11.8. The number of hydrogen-bond donors (Lipinski definition) is 2. The van der Waals surface area contributed by atoms with Crippen molar-refractivity contribution in [3.63, 3.8) is 0 Å². The van der Waals surface area contributed by atoms with Gasteiger partial charge in [0.1, 0.15) is 6.04 Å². The molecule has 0 radical (unpaired) electrons. The quantitative estimate of drug-likeness (QED) is 0.713. The first-order chi connectivity index (χ1) is 11.9. The average molecular weight is 362 g/mol. The Balaban J connectivity index is 1.99. The Morgan fingerprint density at radius 2 is 1.92 bits per heavy atom. The van der Waals surface area contributed by atoms with Crippen molar-refractivity contribution in [3.05, 3.63) is 29.3 Å². The number of thioether (sulfide) groups is 1. The number of benzene rings is 1. The molecule has 2 amide bonds. The zero-order valence-electron chi connectivity index (χ0n) is 14.7. The van der Waals surface area contributed by atoms with Gasteiger partial charge in [0.25, 0.3) is 0 Å². The topological polar surface area (TPSA) is 102 Å². The number of nitrogens with one attached hydrogen (secondary N) is 2. The van der Waals surface area contributed by atoms with Crippen LogP contribution in [0.25, 0.3) is 5.69 Å². The van der Waals surface area contributed by atoms with Gasteiger partial charge in [-0.05, 0) is 61.4 Å². The molecule has 9 heteroatoms. The number of hydrogen-bond acceptors (Lipinski definition) is 6. The summed E-state index contributed by atoms with van der Waals surface area (Å²) in [5, 5.41) is 17.5. The minimum Gasteiger partial charge on any atom is -0.355 e. The standard InChI is InChI=1S/C16H22N6O2S/c1-5-17-15(24)12(4)18-14(23)9-25-16-19-20-21-22(16)13-7-10(2)6-11(3)8-13/h6-8,12H,5,9H2,1-4H3,(H,17,24)(H,18,23)/t12-/m1/s1. The SMILES string of the molecule is CCNC(=O)[C@@H](C)NC(=O)CSc1nnnn1-c1cc(C)cc(C)c1. The van der Waals surface area contributed by atoms with Gasteiger partial charge < -0.3 is 10.6 Å². The molecule has 2 rings (SSSR count). The van der Waals surface area contributed by atoms with Gasteiger partial charge in [-0.3, -0.25) is 9.59 Å². The van der Waals surface area contributed by atoms with Crippen LogP contribution in [0, 0.1) is 13.8 Å². The second-order valence-electron chi connectivity index (χ2n) is 5.69. The molecular formula is C16H22N6O2S. The van der Waals surface area contributed by atoms with E-state index in [9.17, 15) is 9.59 Å². The fraction of sp³-hybridized carbons (Fsp3) is 0.438. The Labute approximate surface area is 150 Å². The van der Waals surface area contributed by atoms with E-state index < -0.39 is 6.04 Å². The summed E-state index contributed by atoms with van der Waals surface area (Å²) in [5.41, 5.74) is 3.06. The van der Waals surface area contributed by atoms with Gasteiger partial charge in [-0.2, -0.15) is 4.68 Å². The molecule has 134 valence electrons. The van der Waals surface area contributed by atoms with E-state index in [0.717, 1.165) is 16.8 Å². The highest BCUT2D eigenvalue weighted by Crippen LogP contribution is 2.19. The number of tetrazole rings is 1. The van der Waals surface area contributed by atoms with Gasteiger partial charge in [-0.1, -0.05) is 17.8 Å². The number of amides is 2. The molecule has 0 saturated heterocycles. The van der Waals surface area contributed by atoms with Crippen LogP contribution < -0.4 is 10.6 Å². The summed E-state index contributed by atoms with van der Waals surface area (Å²) in [4.78, 5) is 23.7. The lowest BCUT2D eigenvalue weighted by atomic mass is 10.1. The Bertz CT molecular complexity index is 741. The second-order valence-corrected chi connectivity index (χ2v) is 6.63. The first-order valence-corrected chi connectivity index (χ1v) is 8.96. The molecule has 2 aromatic rings. The van der Waals surface area contributed by atoms with E-state index in [1.165, 1.54) is 11.8 Å². The highest BCUT2D eigenvalue weighted by Gasteiger charge is 2.16. The average Bonchev–Trinajstić information content (AvgIpc) is 3.00. The maximum absolute atomic E-state index is 12.0. The fourth-order valence-corrected chi connectivity index (χ4v) is 3.01. The third kappa shape index (κ3) is 5.28. The van der Waals surface area contributed by atoms with Crippen LogP contribution in [-0.2, 0) is 9.59 Å². The number of aromatic nitrogens is 4. The molecule has 0 aliphatic rings. The van der Waals surface area contributed by atoms with Crippen molar-refractivity contribution in [3.8, 4) is 5.69 Å². The lowest BCUT2D eigenvalue weighted by molar-refractivity contribution is -0.127. The monoisotopic (exact) mass is 362 g/mol. The maximum atomic E-state index is 12.0. The summed E-state index contributed by atoms with van der Waals surface area (Å²) in [7, 11) is 0. The number of rotatable bonds is 7. The second kappa shape index (κ2) is 8.61. The molecule has 1 aromatic heterocycles. The predicted octanol–water partition coefficient (Wildman–Crippen LogP) is 1.01. The van der Waals surface area contributed by atoms with Gasteiger partial charge in [-0.25, -0.2) is 0 Å². The largest absolute Gasteiger partial charge is 0.355 e. The number of aryl methyl sites for hydroxylation is 2. The summed E-state index contributed by atoms with van der Waals surface area (Å²) in [5.74, 6) is -0.339. The zero-order valence-corrected chi connectivity index (χ0v) is 15.6. The van der Waals surface area contributed by atoms with E-state index in [-0.39, 0.29) is 17.6 Å². The lowest BCUT2D eigenvalue weighted by Crippen LogP contribution is -2.45. The number of nitrogens with zero attached hydrogens (tertiary/aromatic N) is 4. The summed E-state index contributed by atoms with van der Waals surface area (Å²) in [6, 6.07) is 5.44. The fourth-order valence-electron chi connectivity index (χ4n) is 2.31. The molecule has 1 heterocycles. The molecule has 2 N–H and O–H groups in total. The Hall–Kier alpha value is -2.42. The van der Waals surface area contributed by atoms with Gasteiger partial charge in [-0.15, -0.1) is 5.10 Å². The van der Waals surface area contributed by atoms with E-state index in [1.807, 2.05) is 32.9 Å². The highest BCUT2D eigenvalue weighted by atomic mass is 32.2. The Morgan fingerprint density at radius 3 is 2.56 bits per heavy atom. The van der Waals surface area contributed by atoms with Gasteiger partial charge in [0.15, 0.2) is 0 Å². The van der Waals surface area contributed by atoms with Crippen molar-refractivity contribution in [2.75, 3.05) is 12.3 Å². The molecule has 1 atom stereocenters. The highest BCUT2D eigenvalue weighted by molar-refractivity contribution is 7.99. The molecule has 0 saturated carbocycles. The lowest BCUT2D eigenvalue weighted by Gasteiger charge is -2.13. The van der Waals surface area contributed by atoms with Crippen LogP contribution in [0.2, 0.25) is 0 Å². The van der Waals surface area contributed by atoms with E-state index in [2.05, 4.69) is 32.2 Å². The van der Waals surface area contributed by atoms with Gasteiger partial charge in [0.05, 0.1) is 11.4 Å². The Kier molecular flexibility index (Phi) is 6.51. The van der Waals surface area contributed by atoms with Gasteiger partial charge in [0.2, 0.25) is 17.0 Å². The molecule has 0 spiro atoms. The smallest absolute Gasteiger partial charge is 0.242 e. The minimum atomic E-state index is -0.580. The molecule has 0 aliphatic heterocycles. The predicted molar refractivity (Wildman–Crippen MR) is 95.6 cm³/mol. The minimum absolute atomic E-state index is 0.120. The van der Waals surface area contributed by atoms with Crippen molar-refractivity contribution in [2.24, 2.45) is 0 Å². The number of carbonyl (C=O) groups excluding carboxylic acids is 2. The molecule has 0 fully saturated rings. The van der Waals surface area contributed by atoms with Crippen LogP contribution in [0.1, 0.15) is 25.0 Å². The first kappa shape index (κ1) is 18.9. The molecule has 8 nitrogen and oxygen atoms in total. The van der Waals surface area contributed by atoms with Crippen molar-refractivity contribution < 1.29 is 9.59 Å². The molecule has 0 unspecified atom stereocenters. The molecule has 1 aromatic carbocycles. The summed E-state index contributed by atoms with van der Waals surface area (Å²) < 4.78 is 1.60. The third-order valence-electron chi connectivity index (χ3n) is 3.35. The molecule has 0 aliphatic carbocycles. The number of likely N-dealkylation sites (N-methyl/N-ethyl adjacent to an activating group) is 1. The Morgan fingerprint density at radius 1 is 1.24 bits per heavy atom.